The van der Waals surface area contributed by atoms with E-state index < -0.39 is 7.82 Å². The predicted molar refractivity (Wildman–Crippen MR) is 95.6 cm³/mol. The lowest BCUT2D eigenvalue weighted by Crippen LogP contribution is -2.22. The minimum Gasteiger partial charge on any atom is -0.350 e. The Hall–Kier alpha value is -2.25. The number of aromatic amines is 1. The zero-order valence-corrected chi connectivity index (χ0v) is 15.1. The summed E-state index contributed by atoms with van der Waals surface area (Å²) in [7, 11) is -2.65. The van der Waals surface area contributed by atoms with E-state index in [0.29, 0.717) is 0 Å². The third-order valence-corrected chi connectivity index (χ3v) is 4.52. The second-order valence-corrected chi connectivity index (χ2v) is 7.34. The van der Waals surface area contributed by atoms with Crippen LogP contribution in [0, 0.1) is 5.92 Å². The molecule has 4 rings (SSSR count). The molecule has 4 N–H and O–H groups in total. The fourth-order valence-corrected chi connectivity index (χ4v) is 3.38. The van der Waals surface area contributed by atoms with Gasteiger partial charge >= 0.3 is 7.82 Å². The van der Waals surface area contributed by atoms with Gasteiger partial charge in [0.25, 0.3) is 0 Å². The average Bonchev–Trinajstić information content (AvgIpc) is 3.17. The normalized spacial score (nSPS) is 16.7. The molecule has 1 aliphatic carbocycles. The van der Waals surface area contributed by atoms with Gasteiger partial charge in [0.1, 0.15) is 0 Å². The molecule has 0 radical (unpaired) electrons. The van der Waals surface area contributed by atoms with Crippen LogP contribution >= 0.6 is 7.82 Å². The number of para-hydroxylation sites is 1. The number of aryl methyl sites for hydroxylation is 2. The van der Waals surface area contributed by atoms with Crippen molar-refractivity contribution in [3.05, 3.63) is 53.7 Å². The molecule has 0 spiro atoms. The number of nitrogens with one attached hydrogen (secondary N) is 1. The largest absolute Gasteiger partial charge is 0.466 e. The van der Waals surface area contributed by atoms with E-state index in [0.717, 1.165) is 47.1 Å². The maximum Gasteiger partial charge on any atom is 0.466 e. The number of Topliss-reactive ketones (excluding diaryl/α,β-unsaturated/α-hetero) is 1. The van der Waals surface area contributed by atoms with Crippen molar-refractivity contribution in [2.45, 2.75) is 19.3 Å². The fourth-order valence-electron chi connectivity index (χ4n) is 3.38. The van der Waals surface area contributed by atoms with Crippen LogP contribution in [0.5, 0.6) is 0 Å². The summed E-state index contributed by atoms with van der Waals surface area (Å²) in [6.07, 6.45) is 6.25. The summed E-state index contributed by atoms with van der Waals surface area (Å²) in [5, 5.41) is 1.06. The van der Waals surface area contributed by atoms with Crippen LogP contribution < -0.4 is 0 Å². The van der Waals surface area contributed by atoms with Crippen molar-refractivity contribution >= 4 is 24.5 Å². The molecular weight excluding hydrogens is 357 g/mol. The van der Waals surface area contributed by atoms with Crippen LogP contribution in [0.25, 0.3) is 10.9 Å². The van der Waals surface area contributed by atoms with Gasteiger partial charge in [-0.3, -0.25) is 4.79 Å². The SMILES string of the molecule is Cn1cc(C(=O)[C@@H]2CCc3nc[nH]c3C2)c2ccccc21.O=P(O)(O)O. The zero-order chi connectivity index (χ0) is 18.9. The molecule has 1 aromatic carbocycles. The zero-order valence-electron chi connectivity index (χ0n) is 14.2. The fraction of sp³-hybridized carbons (Fsp3) is 0.294. The Bertz CT molecular complexity index is 979. The number of benzene rings is 1. The first-order valence-corrected chi connectivity index (χ1v) is 9.68. The summed E-state index contributed by atoms with van der Waals surface area (Å²) in [6, 6.07) is 8.09. The van der Waals surface area contributed by atoms with Crippen molar-refractivity contribution in [2.75, 3.05) is 0 Å². The minimum absolute atomic E-state index is 0.0590. The molecule has 8 nitrogen and oxygen atoms in total. The number of aromatic nitrogens is 3. The summed E-state index contributed by atoms with van der Waals surface area (Å²) < 4.78 is 10.9. The maximum atomic E-state index is 12.9. The number of phosphoric acid groups is 1. The van der Waals surface area contributed by atoms with Crippen molar-refractivity contribution in [2.24, 2.45) is 13.0 Å². The maximum absolute atomic E-state index is 12.9. The van der Waals surface area contributed by atoms with Crippen molar-refractivity contribution in [1.29, 1.82) is 0 Å². The van der Waals surface area contributed by atoms with Gasteiger partial charge < -0.3 is 24.2 Å². The Morgan fingerprint density at radius 2 is 2.00 bits per heavy atom. The van der Waals surface area contributed by atoms with Gasteiger partial charge in [-0.1, -0.05) is 18.2 Å². The van der Waals surface area contributed by atoms with E-state index in [1.165, 1.54) is 0 Å². The molecule has 0 unspecified atom stereocenters. The van der Waals surface area contributed by atoms with Gasteiger partial charge in [0.2, 0.25) is 0 Å². The molecule has 0 saturated heterocycles. The Labute approximate surface area is 149 Å². The van der Waals surface area contributed by atoms with Gasteiger partial charge in [-0.15, -0.1) is 0 Å². The number of rotatable bonds is 2. The summed E-state index contributed by atoms with van der Waals surface area (Å²) >= 11 is 0. The third-order valence-electron chi connectivity index (χ3n) is 4.52. The van der Waals surface area contributed by atoms with E-state index in [2.05, 4.69) is 16.0 Å². The lowest BCUT2D eigenvalue weighted by atomic mass is 9.84. The highest BCUT2D eigenvalue weighted by molar-refractivity contribution is 7.45. The van der Waals surface area contributed by atoms with E-state index in [1.807, 2.05) is 36.0 Å². The Balaban J connectivity index is 0.000000349. The highest BCUT2D eigenvalue weighted by Crippen LogP contribution is 2.29. The van der Waals surface area contributed by atoms with Gasteiger partial charge in [0.05, 0.1) is 12.0 Å². The Kier molecular flexibility index (Phi) is 5.11. The standard InChI is InChI=1S/C17H17N3O.H3O4P/c1-20-9-13(12-4-2-3-5-16(12)20)17(21)11-6-7-14-15(8-11)19-10-18-14;1-5(2,3)4/h2-5,9-11H,6-8H2,1H3,(H,18,19);(H3,1,2,3,4)/t11-;/m1./s1. The second-order valence-electron chi connectivity index (χ2n) is 6.32. The van der Waals surface area contributed by atoms with Crippen molar-refractivity contribution < 1.29 is 24.0 Å². The first kappa shape index (κ1) is 18.5. The van der Waals surface area contributed by atoms with Crippen LogP contribution in [0.15, 0.2) is 36.8 Å². The lowest BCUT2D eigenvalue weighted by molar-refractivity contribution is 0.0909. The smallest absolute Gasteiger partial charge is 0.350 e. The molecule has 3 aromatic rings. The Morgan fingerprint density at radius 1 is 1.31 bits per heavy atom. The van der Waals surface area contributed by atoms with E-state index in [-0.39, 0.29) is 11.7 Å². The number of fused-ring (bicyclic) bond motifs is 2. The summed E-state index contributed by atoms with van der Waals surface area (Å²) in [5.74, 6) is 0.316. The lowest BCUT2D eigenvalue weighted by Gasteiger charge is -2.19. The number of carbonyl (C=O) groups excluding carboxylic acids is 1. The third kappa shape index (κ3) is 4.11. The van der Waals surface area contributed by atoms with Crippen molar-refractivity contribution in [3.63, 3.8) is 0 Å². The van der Waals surface area contributed by atoms with E-state index >= 15 is 0 Å². The molecule has 26 heavy (non-hydrogen) atoms. The molecule has 0 bridgehead atoms. The van der Waals surface area contributed by atoms with Gasteiger partial charge in [-0.25, -0.2) is 9.55 Å². The number of nitrogens with zero attached hydrogens (tertiary/aromatic N) is 2. The topological polar surface area (TPSA) is 128 Å². The summed E-state index contributed by atoms with van der Waals surface area (Å²) in [6.45, 7) is 0. The number of hydrogen-bond donors (Lipinski definition) is 4. The molecule has 0 fully saturated rings. The van der Waals surface area contributed by atoms with Gasteiger partial charge in [-0.05, 0) is 25.3 Å². The highest BCUT2D eigenvalue weighted by atomic mass is 31.2. The molecule has 2 aromatic heterocycles. The first-order valence-electron chi connectivity index (χ1n) is 8.11. The molecular formula is C17H20N3O5P. The molecule has 0 saturated carbocycles. The molecule has 9 heteroatoms. The molecule has 1 atom stereocenters. The second kappa shape index (κ2) is 7.17. The van der Waals surface area contributed by atoms with Gasteiger partial charge in [0.15, 0.2) is 5.78 Å². The molecule has 1 aliphatic rings. The molecule has 138 valence electrons. The number of ketones is 1. The quantitative estimate of drug-likeness (QED) is 0.399. The molecule has 2 heterocycles. The highest BCUT2D eigenvalue weighted by Gasteiger charge is 2.28. The monoisotopic (exact) mass is 377 g/mol. The van der Waals surface area contributed by atoms with Crippen molar-refractivity contribution in [3.8, 4) is 0 Å². The number of hydrogen-bond acceptors (Lipinski definition) is 3. The van der Waals surface area contributed by atoms with Crippen LogP contribution in [0.3, 0.4) is 0 Å². The number of H-pyrrole nitrogens is 1. The number of carbonyl (C=O) groups is 1. The summed E-state index contributed by atoms with van der Waals surface area (Å²) in [5.41, 5.74) is 4.21. The van der Waals surface area contributed by atoms with E-state index in [1.54, 1.807) is 6.33 Å². The van der Waals surface area contributed by atoms with Crippen molar-refractivity contribution in [1.82, 2.24) is 14.5 Å². The van der Waals surface area contributed by atoms with Gasteiger partial charge in [0, 0.05) is 41.3 Å². The van der Waals surface area contributed by atoms with E-state index in [4.69, 9.17) is 19.2 Å². The van der Waals surface area contributed by atoms with Gasteiger partial charge in [-0.2, -0.15) is 0 Å². The average molecular weight is 377 g/mol. The van der Waals surface area contributed by atoms with Crippen LogP contribution in [0.2, 0.25) is 0 Å². The van der Waals surface area contributed by atoms with Crippen LogP contribution in [0.4, 0.5) is 0 Å². The van der Waals surface area contributed by atoms with E-state index in [9.17, 15) is 4.79 Å². The molecule has 0 amide bonds. The Morgan fingerprint density at radius 3 is 2.73 bits per heavy atom. The van der Waals surface area contributed by atoms with Crippen LogP contribution in [-0.4, -0.2) is 35.0 Å². The van der Waals surface area contributed by atoms with Crippen LogP contribution in [0.1, 0.15) is 28.2 Å². The summed E-state index contributed by atoms with van der Waals surface area (Å²) in [4.78, 5) is 41.9. The minimum atomic E-state index is -4.64. The van der Waals surface area contributed by atoms with Crippen LogP contribution in [-0.2, 0) is 24.5 Å². The molecule has 0 aliphatic heterocycles. The predicted octanol–water partition coefficient (Wildman–Crippen LogP) is 1.96. The first-order chi connectivity index (χ1) is 12.2. The number of imidazole rings is 1.